The minimum absolute atomic E-state index is 0.0104. The molecule has 5 nitrogen and oxygen atoms in total. The third-order valence-corrected chi connectivity index (χ3v) is 3.91. The zero-order chi connectivity index (χ0) is 16.7. The minimum Gasteiger partial charge on any atom is -0.363 e. The first-order valence-electron chi connectivity index (χ1n) is 6.55. The highest BCUT2D eigenvalue weighted by molar-refractivity contribution is 9.10. The standard InChI is InChI=1S/C15H11BrF2N4O/c1-22-11-5-4-10(12(18)13(11)21-15(22)14(19)23)20-9-3-2-7(16)6-8(9)17/h2-6,20H,1H3,(H2,19,23). The Hall–Kier alpha value is -2.48. The number of aromatic nitrogens is 2. The summed E-state index contributed by atoms with van der Waals surface area (Å²) < 4.78 is 30.4. The van der Waals surface area contributed by atoms with Crippen molar-refractivity contribution in [3.63, 3.8) is 0 Å². The summed E-state index contributed by atoms with van der Waals surface area (Å²) in [5.41, 5.74) is 5.79. The van der Waals surface area contributed by atoms with E-state index in [-0.39, 0.29) is 22.7 Å². The van der Waals surface area contributed by atoms with Crippen LogP contribution in [0.25, 0.3) is 11.0 Å². The third kappa shape index (κ3) is 2.65. The van der Waals surface area contributed by atoms with E-state index < -0.39 is 17.5 Å². The van der Waals surface area contributed by atoms with E-state index in [1.165, 1.54) is 22.8 Å². The Bertz CT molecular complexity index is 939. The topological polar surface area (TPSA) is 72.9 Å². The number of amides is 1. The Balaban J connectivity index is 2.09. The summed E-state index contributed by atoms with van der Waals surface area (Å²) in [5.74, 6) is -2.02. The van der Waals surface area contributed by atoms with Crippen LogP contribution in [0.2, 0.25) is 0 Å². The van der Waals surface area contributed by atoms with E-state index in [2.05, 4.69) is 26.2 Å². The second-order valence-electron chi connectivity index (χ2n) is 4.90. The molecule has 0 spiro atoms. The Labute approximate surface area is 138 Å². The van der Waals surface area contributed by atoms with Crippen LogP contribution in [0.3, 0.4) is 0 Å². The number of carbonyl (C=O) groups is 1. The lowest BCUT2D eigenvalue weighted by atomic mass is 10.2. The van der Waals surface area contributed by atoms with Gasteiger partial charge in [-0.15, -0.1) is 0 Å². The molecule has 0 aliphatic carbocycles. The van der Waals surface area contributed by atoms with Gasteiger partial charge in [0.25, 0.3) is 5.91 Å². The van der Waals surface area contributed by atoms with Crippen LogP contribution >= 0.6 is 15.9 Å². The van der Waals surface area contributed by atoms with Gasteiger partial charge in [-0.3, -0.25) is 4.79 Å². The maximum atomic E-state index is 14.6. The summed E-state index contributed by atoms with van der Waals surface area (Å²) in [6.45, 7) is 0. The normalized spacial score (nSPS) is 11.0. The van der Waals surface area contributed by atoms with E-state index >= 15 is 0 Å². The fraction of sp³-hybridized carbons (Fsp3) is 0.0667. The molecule has 3 rings (SSSR count). The van der Waals surface area contributed by atoms with Crippen molar-refractivity contribution in [2.24, 2.45) is 12.8 Å². The first kappa shape index (κ1) is 15.4. The molecule has 0 atom stereocenters. The highest BCUT2D eigenvalue weighted by atomic mass is 79.9. The van der Waals surface area contributed by atoms with Crippen molar-refractivity contribution in [2.75, 3.05) is 5.32 Å². The number of nitrogens with one attached hydrogen (secondary N) is 1. The molecule has 8 heteroatoms. The van der Waals surface area contributed by atoms with Gasteiger partial charge in [0.2, 0.25) is 0 Å². The van der Waals surface area contributed by atoms with Crippen molar-refractivity contribution < 1.29 is 13.6 Å². The summed E-state index contributed by atoms with van der Waals surface area (Å²) in [5, 5.41) is 2.68. The molecule has 0 saturated heterocycles. The quantitative estimate of drug-likeness (QED) is 0.730. The van der Waals surface area contributed by atoms with Crippen molar-refractivity contribution in [3.8, 4) is 0 Å². The number of primary amides is 1. The number of halogens is 3. The molecule has 2 aromatic carbocycles. The van der Waals surface area contributed by atoms with Crippen LogP contribution in [0.5, 0.6) is 0 Å². The van der Waals surface area contributed by atoms with Crippen molar-refractivity contribution >= 4 is 44.2 Å². The van der Waals surface area contributed by atoms with Gasteiger partial charge in [0, 0.05) is 11.5 Å². The maximum absolute atomic E-state index is 14.6. The molecule has 0 aliphatic rings. The number of carbonyl (C=O) groups excluding carboxylic acids is 1. The van der Waals surface area contributed by atoms with Gasteiger partial charge in [0.15, 0.2) is 11.6 Å². The Morgan fingerprint density at radius 1 is 1.26 bits per heavy atom. The number of anilines is 2. The third-order valence-electron chi connectivity index (χ3n) is 3.41. The molecule has 3 aromatic rings. The fourth-order valence-corrected chi connectivity index (χ4v) is 2.61. The predicted molar refractivity (Wildman–Crippen MR) is 86.6 cm³/mol. The average Bonchev–Trinajstić information content (AvgIpc) is 2.83. The Kier molecular flexibility index (Phi) is 3.77. The number of benzene rings is 2. The molecule has 1 amide bonds. The number of rotatable bonds is 3. The van der Waals surface area contributed by atoms with Gasteiger partial charge in [0.05, 0.1) is 16.9 Å². The van der Waals surface area contributed by atoms with Crippen LogP contribution in [-0.2, 0) is 7.05 Å². The maximum Gasteiger partial charge on any atom is 0.284 e. The number of fused-ring (bicyclic) bond motifs is 1. The molecule has 0 unspecified atom stereocenters. The van der Waals surface area contributed by atoms with Gasteiger partial charge >= 0.3 is 0 Å². The second-order valence-corrected chi connectivity index (χ2v) is 5.82. The summed E-state index contributed by atoms with van der Waals surface area (Å²) in [7, 11) is 1.57. The van der Waals surface area contributed by atoms with Crippen molar-refractivity contribution in [1.29, 1.82) is 0 Å². The SMILES string of the molecule is Cn1c(C(N)=O)nc2c(F)c(Nc3ccc(Br)cc3F)ccc21. The van der Waals surface area contributed by atoms with Gasteiger partial charge in [0.1, 0.15) is 11.3 Å². The van der Waals surface area contributed by atoms with Crippen LogP contribution in [0.15, 0.2) is 34.8 Å². The molecule has 0 bridgehead atoms. The molecule has 118 valence electrons. The first-order valence-corrected chi connectivity index (χ1v) is 7.34. The largest absolute Gasteiger partial charge is 0.363 e. The van der Waals surface area contributed by atoms with Crippen molar-refractivity contribution in [1.82, 2.24) is 9.55 Å². The van der Waals surface area contributed by atoms with E-state index in [4.69, 9.17) is 5.73 Å². The zero-order valence-corrected chi connectivity index (χ0v) is 13.5. The number of hydrogen-bond donors (Lipinski definition) is 2. The van der Waals surface area contributed by atoms with E-state index in [0.29, 0.717) is 9.99 Å². The molecule has 0 radical (unpaired) electrons. The van der Waals surface area contributed by atoms with E-state index in [1.807, 2.05) is 0 Å². The summed E-state index contributed by atoms with van der Waals surface area (Å²) in [6, 6.07) is 7.41. The highest BCUT2D eigenvalue weighted by Gasteiger charge is 2.18. The zero-order valence-electron chi connectivity index (χ0n) is 11.9. The first-order chi connectivity index (χ1) is 10.9. The molecular weight excluding hydrogens is 370 g/mol. The number of nitrogens with zero attached hydrogens (tertiary/aromatic N) is 2. The number of imidazole rings is 1. The molecule has 3 N–H and O–H groups in total. The summed E-state index contributed by atoms with van der Waals surface area (Å²) >= 11 is 3.15. The Morgan fingerprint density at radius 3 is 2.61 bits per heavy atom. The lowest BCUT2D eigenvalue weighted by Gasteiger charge is -2.09. The molecule has 1 aromatic heterocycles. The van der Waals surface area contributed by atoms with Crippen LogP contribution in [0, 0.1) is 11.6 Å². The van der Waals surface area contributed by atoms with Crippen molar-refractivity contribution in [2.45, 2.75) is 0 Å². The van der Waals surface area contributed by atoms with E-state index in [9.17, 15) is 13.6 Å². The number of hydrogen-bond acceptors (Lipinski definition) is 3. The van der Waals surface area contributed by atoms with E-state index in [0.717, 1.165) is 0 Å². The van der Waals surface area contributed by atoms with Crippen LogP contribution in [0.4, 0.5) is 20.2 Å². The Morgan fingerprint density at radius 2 is 1.96 bits per heavy atom. The van der Waals surface area contributed by atoms with E-state index in [1.54, 1.807) is 19.2 Å². The van der Waals surface area contributed by atoms with Gasteiger partial charge in [-0.1, -0.05) is 15.9 Å². The summed E-state index contributed by atoms with van der Waals surface area (Å²) in [4.78, 5) is 15.2. The molecule has 0 fully saturated rings. The van der Waals surface area contributed by atoms with Crippen LogP contribution < -0.4 is 11.1 Å². The van der Waals surface area contributed by atoms with Gasteiger partial charge in [-0.25, -0.2) is 13.8 Å². The van der Waals surface area contributed by atoms with Gasteiger partial charge in [-0.2, -0.15) is 0 Å². The van der Waals surface area contributed by atoms with Crippen LogP contribution in [0.1, 0.15) is 10.6 Å². The molecule has 1 heterocycles. The smallest absolute Gasteiger partial charge is 0.284 e. The van der Waals surface area contributed by atoms with Crippen molar-refractivity contribution in [3.05, 3.63) is 52.3 Å². The minimum atomic E-state index is -0.753. The lowest BCUT2D eigenvalue weighted by molar-refractivity contribution is 0.0988. The number of nitrogens with two attached hydrogens (primary N) is 1. The molecule has 0 aliphatic heterocycles. The molecule has 23 heavy (non-hydrogen) atoms. The molecule has 0 saturated carbocycles. The highest BCUT2D eigenvalue weighted by Crippen LogP contribution is 2.29. The second kappa shape index (κ2) is 5.62. The lowest BCUT2D eigenvalue weighted by Crippen LogP contribution is -2.16. The molecular formula is C15H11BrF2N4O. The van der Waals surface area contributed by atoms with Gasteiger partial charge < -0.3 is 15.6 Å². The average molecular weight is 381 g/mol. The monoisotopic (exact) mass is 380 g/mol. The number of aryl methyl sites for hydroxylation is 1. The van der Waals surface area contributed by atoms with Gasteiger partial charge in [-0.05, 0) is 30.3 Å². The van der Waals surface area contributed by atoms with Crippen LogP contribution in [-0.4, -0.2) is 15.5 Å². The fourth-order valence-electron chi connectivity index (χ4n) is 2.28. The predicted octanol–water partition coefficient (Wildman–Crippen LogP) is 3.46. The summed E-state index contributed by atoms with van der Waals surface area (Å²) in [6.07, 6.45) is 0.